The van der Waals surface area contributed by atoms with E-state index in [4.69, 9.17) is 16.7 Å². The average Bonchev–Trinajstić information content (AvgIpc) is 2.78. The van der Waals surface area contributed by atoms with E-state index >= 15 is 0 Å². The number of primary sulfonamides is 1. The van der Waals surface area contributed by atoms with Crippen molar-refractivity contribution in [3.05, 3.63) is 34.9 Å². The first kappa shape index (κ1) is 13.9. The molecule has 19 heavy (non-hydrogen) atoms. The van der Waals surface area contributed by atoms with Gasteiger partial charge in [-0.15, -0.1) is 10.2 Å². The van der Waals surface area contributed by atoms with Crippen LogP contribution in [0.1, 0.15) is 10.4 Å². The van der Waals surface area contributed by atoms with Gasteiger partial charge in [-0.05, 0) is 24.3 Å². The molecule has 0 aliphatic carbocycles. The number of sulfonamides is 1. The summed E-state index contributed by atoms with van der Waals surface area (Å²) >= 11 is 6.37. The summed E-state index contributed by atoms with van der Waals surface area (Å²) in [6, 6.07) is 6.18. The molecule has 0 saturated heterocycles. The normalized spacial score (nSPS) is 11.3. The summed E-state index contributed by atoms with van der Waals surface area (Å²) in [4.78, 5) is 11.8. The quantitative estimate of drug-likeness (QED) is 0.822. The molecule has 0 aliphatic rings. The molecule has 7 nitrogen and oxygen atoms in total. The third kappa shape index (κ3) is 3.47. The van der Waals surface area contributed by atoms with Crippen LogP contribution in [0.15, 0.2) is 28.6 Å². The van der Waals surface area contributed by atoms with Gasteiger partial charge < -0.3 is 0 Å². The SMILES string of the molecule is NS(=O)(=O)c1nnc(NC(=O)c2ccc(Cl)cc2)s1. The Morgan fingerprint density at radius 3 is 2.42 bits per heavy atom. The molecule has 0 bridgehead atoms. The Morgan fingerprint density at radius 1 is 1.26 bits per heavy atom. The number of carbonyl (C=O) groups excluding carboxylic acids is 1. The summed E-state index contributed by atoms with van der Waals surface area (Å²) in [5.74, 6) is -0.450. The number of anilines is 1. The summed E-state index contributed by atoms with van der Waals surface area (Å²) in [7, 11) is -3.91. The van der Waals surface area contributed by atoms with Crippen LogP contribution in [0.25, 0.3) is 0 Å². The van der Waals surface area contributed by atoms with E-state index in [-0.39, 0.29) is 9.47 Å². The Balaban J connectivity index is 2.15. The number of benzene rings is 1. The van der Waals surface area contributed by atoms with Gasteiger partial charge in [0.25, 0.3) is 15.9 Å². The Bertz CT molecular complexity index is 711. The molecule has 2 rings (SSSR count). The molecular weight excluding hydrogens is 312 g/mol. The topological polar surface area (TPSA) is 115 Å². The van der Waals surface area contributed by atoms with Crippen LogP contribution in [-0.4, -0.2) is 24.5 Å². The van der Waals surface area contributed by atoms with E-state index in [9.17, 15) is 13.2 Å². The van der Waals surface area contributed by atoms with Crippen LogP contribution in [0.3, 0.4) is 0 Å². The van der Waals surface area contributed by atoms with Crippen LogP contribution >= 0.6 is 22.9 Å². The van der Waals surface area contributed by atoms with E-state index < -0.39 is 15.9 Å². The fourth-order valence-corrected chi connectivity index (χ4v) is 2.60. The molecule has 1 aromatic carbocycles. The van der Waals surface area contributed by atoms with Crippen molar-refractivity contribution >= 4 is 44.0 Å². The maximum atomic E-state index is 11.8. The monoisotopic (exact) mass is 318 g/mol. The highest BCUT2D eigenvalue weighted by Gasteiger charge is 2.16. The van der Waals surface area contributed by atoms with Crippen molar-refractivity contribution in [1.82, 2.24) is 10.2 Å². The van der Waals surface area contributed by atoms with Crippen LogP contribution in [0, 0.1) is 0 Å². The van der Waals surface area contributed by atoms with Crippen LogP contribution in [0.4, 0.5) is 5.13 Å². The highest BCUT2D eigenvalue weighted by Crippen LogP contribution is 2.19. The van der Waals surface area contributed by atoms with Gasteiger partial charge in [0.2, 0.25) is 9.47 Å². The number of amides is 1. The number of nitrogens with one attached hydrogen (secondary N) is 1. The van der Waals surface area contributed by atoms with Crippen LogP contribution in [0.2, 0.25) is 5.02 Å². The van der Waals surface area contributed by atoms with Crippen LogP contribution in [0.5, 0.6) is 0 Å². The van der Waals surface area contributed by atoms with Crippen LogP contribution < -0.4 is 10.5 Å². The highest BCUT2D eigenvalue weighted by molar-refractivity contribution is 7.91. The number of halogens is 1. The van der Waals surface area contributed by atoms with E-state index in [2.05, 4.69) is 15.5 Å². The summed E-state index contributed by atoms with van der Waals surface area (Å²) in [6.45, 7) is 0. The van der Waals surface area contributed by atoms with Gasteiger partial charge in [-0.1, -0.05) is 22.9 Å². The third-order valence-corrected chi connectivity index (χ3v) is 4.38. The molecule has 0 aliphatic heterocycles. The van der Waals surface area contributed by atoms with Crippen molar-refractivity contribution in [2.24, 2.45) is 5.14 Å². The van der Waals surface area contributed by atoms with Crippen molar-refractivity contribution < 1.29 is 13.2 Å². The second-order valence-electron chi connectivity index (χ2n) is 3.38. The van der Waals surface area contributed by atoms with Crippen molar-refractivity contribution in [3.8, 4) is 0 Å². The first-order chi connectivity index (χ1) is 8.86. The van der Waals surface area contributed by atoms with Gasteiger partial charge in [0.15, 0.2) is 0 Å². The van der Waals surface area contributed by atoms with Crippen molar-refractivity contribution in [1.29, 1.82) is 0 Å². The van der Waals surface area contributed by atoms with Crippen molar-refractivity contribution in [3.63, 3.8) is 0 Å². The lowest BCUT2D eigenvalue weighted by Gasteiger charge is -2.00. The molecular formula is C9H7ClN4O3S2. The van der Waals surface area contributed by atoms with Gasteiger partial charge in [-0.25, -0.2) is 13.6 Å². The zero-order valence-corrected chi connectivity index (χ0v) is 11.6. The number of nitrogens with zero attached hydrogens (tertiary/aromatic N) is 2. The van der Waals surface area contributed by atoms with Crippen LogP contribution in [-0.2, 0) is 10.0 Å². The molecule has 3 N–H and O–H groups in total. The number of aromatic nitrogens is 2. The van der Waals surface area contributed by atoms with E-state index in [1.165, 1.54) is 12.1 Å². The van der Waals surface area contributed by atoms with Gasteiger partial charge >= 0.3 is 0 Å². The third-order valence-electron chi connectivity index (χ3n) is 1.98. The molecule has 2 aromatic rings. The van der Waals surface area contributed by atoms with Gasteiger partial charge in [0, 0.05) is 10.6 Å². The summed E-state index contributed by atoms with van der Waals surface area (Å²) in [5, 5.41) is 14.7. The predicted octanol–water partition coefficient (Wildman–Crippen LogP) is 1.09. The largest absolute Gasteiger partial charge is 0.296 e. The molecule has 1 amide bonds. The second kappa shape index (κ2) is 5.21. The standard InChI is InChI=1S/C9H7ClN4O3S2/c10-6-3-1-5(2-4-6)7(15)12-8-13-14-9(18-8)19(11,16)17/h1-4H,(H2,11,16,17)(H,12,13,15). The first-order valence-electron chi connectivity index (χ1n) is 4.79. The Kier molecular flexibility index (Phi) is 3.80. The fraction of sp³-hybridized carbons (Fsp3) is 0. The maximum Gasteiger partial charge on any atom is 0.267 e. The number of hydrogen-bond acceptors (Lipinski definition) is 6. The lowest BCUT2D eigenvalue weighted by atomic mass is 10.2. The number of carbonyl (C=O) groups is 1. The minimum Gasteiger partial charge on any atom is -0.296 e. The zero-order valence-electron chi connectivity index (χ0n) is 9.20. The van der Waals surface area contributed by atoms with Crippen molar-refractivity contribution in [2.45, 2.75) is 4.34 Å². The molecule has 0 atom stereocenters. The highest BCUT2D eigenvalue weighted by atomic mass is 35.5. The molecule has 0 unspecified atom stereocenters. The summed E-state index contributed by atoms with van der Waals surface area (Å²) in [6.07, 6.45) is 0. The second-order valence-corrected chi connectivity index (χ2v) is 6.53. The Morgan fingerprint density at radius 2 is 1.89 bits per heavy atom. The van der Waals surface area contributed by atoms with E-state index in [1.807, 2.05) is 0 Å². The van der Waals surface area contributed by atoms with E-state index in [1.54, 1.807) is 12.1 Å². The molecule has 10 heteroatoms. The van der Waals surface area contributed by atoms with Gasteiger partial charge in [0.05, 0.1) is 0 Å². The van der Waals surface area contributed by atoms with Crippen molar-refractivity contribution in [2.75, 3.05) is 5.32 Å². The molecule has 0 spiro atoms. The molecule has 1 aromatic heterocycles. The van der Waals surface area contributed by atoms with Gasteiger partial charge in [0.1, 0.15) is 0 Å². The summed E-state index contributed by atoms with van der Waals surface area (Å²) in [5.41, 5.74) is 0.358. The molecule has 0 saturated carbocycles. The van der Waals surface area contributed by atoms with E-state index in [0.29, 0.717) is 21.9 Å². The minimum absolute atomic E-state index is 0.0453. The van der Waals surface area contributed by atoms with Gasteiger partial charge in [-0.3, -0.25) is 10.1 Å². The number of hydrogen-bond donors (Lipinski definition) is 2. The average molecular weight is 319 g/mol. The summed E-state index contributed by atoms with van der Waals surface area (Å²) < 4.78 is 21.6. The Hall–Kier alpha value is -1.55. The smallest absolute Gasteiger partial charge is 0.267 e. The minimum atomic E-state index is -3.91. The zero-order chi connectivity index (χ0) is 14.0. The maximum absolute atomic E-state index is 11.8. The molecule has 0 fully saturated rings. The van der Waals surface area contributed by atoms with E-state index in [0.717, 1.165) is 0 Å². The first-order valence-corrected chi connectivity index (χ1v) is 7.53. The number of nitrogens with two attached hydrogens (primary N) is 1. The molecule has 0 radical (unpaired) electrons. The molecule has 1 heterocycles. The number of rotatable bonds is 3. The Labute approximate surface area is 117 Å². The fourth-order valence-electron chi connectivity index (χ4n) is 1.15. The predicted molar refractivity (Wildman–Crippen MR) is 70.7 cm³/mol. The molecule has 100 valence electrons. The lowest BCUT2D eigenvalue weighted by Crippen LogP contribution is -2.11. The van der Waals surface area contributed by atoms with Gasteiger partial charge in [-0.2, -0.15) is 0 Å². The lowest BCUT2D eigenvalue weighted by molar-refractivity contribution is 0.102.